The second kappa shape index (κ2) is 7.50. The SMILES string of the molecule is CCCONC(CC)=Nc1ccc(Cl)cc1C(F)(F)F. The van der Waals surface area contributed by atoms with Gasteiger partial charge in [-0.1, -0.05) is 25.4 Å². The number of alkyl halides is 3. The summed E-state index contributed by atoms with van der Waals surface area (Å²) in [4.78, 5) is 9.03. The van der Waals surface area contributed by atoms with Crippen LogP contribution in [0.1, 0.15) is 32.3 Å². The first-order valence-electron chi connectivity index (χ1n) is 6.20. The lowest BCUT2D eigenvalue weighted by molar-refractivity contribution is -0.137. The molecule has 1 aromatic rings. The second-order valence-electron chi connectivity index (χ2n) is 4.02. The fourth-order valence-electron chi connectivity index (χ4n) is 1.39. The summed E-state index contributed by atoms with van der Waals surface area (Å²) in [5.41, 5.74) is 1.51. The van der Waals surface area contributed by atoms with E-state index in [1.807, 2.05) is 6.92 Å². The molecule has 0 amide bonds. The van der Waals surface area contributed by atoms with Crippen molar-refractivity contribution in [1.82, 2.24) is 5.48 Å². The Kier molecular flexibility index (Phi) is 6.29. The average molecular weight is 309 g/mol. The van der Waals surface area contributed by atoms with E-state index in [0.29, 0.717) is 18.9 Å². The van der Waals surface area contributed by atoms with Gasteiger partial charge >= 0.3 is 6.18 Å². The van der Waals surface area contributed by atoms with E-state index in [1.165, 1.54) is 12.1 Å². The van der Waals surface area contributed by atoms with Crippen LogP contribution in [0, 0.1) is 0 Å². The molecule has 1 aromatic carbocycles. The van der Waals surface area contributed by atoms with E-state index < -0.39 is 11.7 Å². The van der Waals surface area contributed by atoms with Gasteiger partial charge in [-0.2, -0.15) is 13.2 Å². The molecule has 7 heteroatoms. The van der Waals surface area contributed by atoms with Gasteiger partial charge in [-0.05, 0) is 24.6 Å². The quantitative estimate of drug-likeness (QED) is 0.369. The minimum absolute atomic E-state index is 0.0181. The average Bonchev–Trinajstić information content (AvgIpc) is 2.38. The smallest absolute Gasteiger partial charge is 0.275 e. The van der Waals surface area contributed by atoms with E-state index in [1.54, 1.807) is 6.92 Å². The molecule has 112 valence electrons. The first-order chi connectivity index (χ1) is 9.38. The van der Waals surface area contributed by atoms with Crippen molar-refractivity contribution in [3.8, 4) is 0 Å². The predicted molar refractivity (Wildman–Crippen MR) is 73.2 cm³/mol. The van der Waals surface area contributed by atoms with Crippen molar-refractivity contribution in [2.75, 3.05) is 6.61 Å². The van der Waals surface area contributed by atoms with Gasteiger partial charge in [-0.25, -0.2) is 4.99 Å². The molecule has 0 bridgehead atoms. The molecule has 0 aromatic heterocycles. The summed E-state index contributed by atoms with van der Waals surface area (Å²) < 4.78 is 38.7. The Balaban J connectivity index is 3.05. The highest BCUT2D eigenvalue weighted by Crippen LogP contribution is 2.37. The Morgan fingerprint density at radius 2 is 2.05 bits per heavy atom. The number of aliphatic imine (C=N–C) groups is 1. The van der Waals surface area contributed by atoms with Crippen molar-refractivity contribution < 1.29 is 18.0 Å². The minimum Gasteiger partial charge on any atom is -0.275 e. The molecule has 0 unspecified atom stereocenters. The Bertz CT molecular complexity index is 475. The number of hydrogen-bond donors (Lipinski definition) is 1. The largest absolute Gasteiger partial charge is 0.418 e. The normalized spacial score (nSPS) is 12.6. The fraction of sp³-hybridized carbons (Fsp3) is 0.462. The number of halogens is 4. The van der Waals surface area contributed by atoms with E-state index >= 15 is 0 Å². The standard InChI is InChI=1S/C13H16ClF3N2O/c1-3-7-20-19-12(4-2)18-11-6-5-9(14)8-10(11)13(15,16)17/h5-6,8H,3-4,7H2,1-2H3,(H,18,19). The van der Waals surface area contributed by atoms with E-state index in [-0.39, 0.29) is 10.7 Å². The monoisotopic (exact) mass is 308 g/mol. The van der Waals surface area contributed by atoms with Crippen molar-refractivity contribution in [1.29, 1.82) is 0 Å². The van der Waals surface area contributed by atoms with Gasteiger partial charge in [0, 0.05) is 11.4 Å². The number of hydroxylamine groups is 1. The summed E-state index contributed by atoms with van der Waals surface area (Å²) in [6.07, 6.45) is -3.30. The Morgan fingerprint density at radius 1 is 1.35 bits per heavy atom. The predicted octanol–water partition coefficient (Wildman–Crippen LogP) is 4.73. The lowest BCUT2D eigenvalue weighted by Gasteiger charge is -2.12. The van der Waals surface area contributed by atoms with Crippen LogP contribution in [0.15, 0.2) is 23.2 Å². The van der Waals surface area contributed by atoms with Crippen LogP contribution in [0.4, 0.5) is 18.9 Å². The van der Waals surface area contributed by atoms with Crippen LogP contribution >= 0.6 is 11.6 Å². The summed E-state index contributed by atoms with van der Waals surface area (Å²) >= 11 is 5.61. The van der Waals surface area contributed by atoms with Crippen LogP contribution in [0.25, 0.3) is 0 Å². The zero-order valence-electron chi connectivity index (χ0n) is 11.2. The zero-order valence-corrected chi connectivity index (χ0v) is 12.0. The van der Waals surface area contributed by atoms with Crippen LogP contribution < -0.4 is 5.48 Å². The van der Waals surface area contributed by atoms with Gasteiger partial charge < -0.3 is 0 Å². The number of rotatable bonds is 5. The molecular weight excluding hydrogens is 293 g/mol. The second-order valence-corrected chi connectivity index (χ2v) is 4.46. The molecule has 3 nitrogen and oxygen atoms in total. The number of nitrogens with one attached hydrogen (secondary N) is 1. The van der Waals surface area contributed by atoms with Gasteiger partial charge in [0.2, 0.25) is 0 Å². The van der Waals surface area contributed by atoms with Crippen molar-refractivity contribution in [2.24, 2.45) is 4.99 Å². The molecular formula is C13H16ClF3N2O. The van der Waals surface area contributed by atoms with Crippen LogP contribution in [0.3, 0.4) is 0 Å². The third kappa shape index (κ3) is 5.02. The molecule has 0 spiro atoms. The molecule has 0 heterocycles. The lowest BCUT2D eigenvalue weighted by Crippen LogP contribution is -2.23. The molecule has 0 saturated carbocycles. The van der Waals surface area contributed by atoms with Crippen molar-refractivity contribution in [3.63, 3.8) is 0 Å². The van der Waals surface area contributed by atoms with E-state index in [4.69, 9.17) is 16.4 Å². The number of nitrogens with zero attached hydrogens (tertiary/aromatic N) is 1. The molecule has 20 heavy (non-hydrogen) atoms. The van der Waals surface area contributed by atoms with Crippen LogP contribution in [-0.4, -0.2) is 12.4 Å². The third-order valence-electron chi connectivity index (χ3n) is 2.35. The van der Waals surface area contributed by atoms with Crippen molar-refractivity contribution in [3.05, 3.63) is 28.8 Å². The first-order valence-corrected chi connectivity index (χ1v) is 6.58. The Labute approximate surface area is 120 Å². The van der Waals surface area contributed by atoms with Crippen LogP contribution in [0.2, 0.25) is 5.02 Å². The van der Waals surface area contributed by atoms with E-state index in [9.17, 15) is 13.2 Å². The number of benzene rings is 1. The molecule has 0 atom stereocenters. The molecule has 0 fully saturated rings. The lowest BCUT2D eigenvalue weighted by atomic mass is 10.1. The Hall–Kier alpha value is -1.27. The summed E-state index contributed by atoms with van der Waals surface area (Å²) in [5, 5.41) is 0.0181. The summed E-state index contributed by atoms with van der Waals surface area (Å²) in [5.74, 6) is 0.325. The van der Waals surface area contributed by atoms with E-state index in [0.717, 1.165) is 12.5 Å². The van der Waals surface area contributed by atoms with Gasteiger partial charge in [0.25, 0.3) is 0 Å². The minimum atomic E-state index is -4.51. The highest BCUT2D eigenvalue weighted by molar-refractivity contribution is 6.30. The molecule has 0 aliphatic heterocycles. The molecule has 0 radical (unpaired) electrons. The summed E-state index contributed by atoms with van der Waals surface area (Å²) in [6, 6.07) is 3.47. The van der Waals surface area contributed by atoms with Gasteiger partial charge in [0.15, 0.2) is 0 Å². The van der Waals surface area contributed by atoms with Crippen molar-refractivity contribution >= 4 is 23.1 Å². The molecule has 1 rings (SSSR count). The van der Waals surface area contributed by atoms with E-state index in [2.05, 4.69) is 10.5 Å². The molecule has 1 N–H and O–H groups in total. The Morgan fingerprint density at radius 3 is 2.60 bits per heavy atom. The van der Waals surface area contributed by atoms with Gasteiger partial charge in [0.05, 0.1) is 17.9 Å². The highest BCUT2D eigenvalue weighted by atomic mass is 35.5. The van der Waals surface area contributed by atoms with Crippen LogP contribution in [0.5, 0.6) is 0 Å². The number of amidine groups is 1. The maximum atomic E-state index is 12.9. The molecule has 0 aliphatic rings. The zero-order chi connectivity index (χ0) is 15.2. The van der Waals surface area contributed by atoms with Gasteiger partial charge in [-0.3, -0.25) is 10.3 Å². The molecule has 0 aliphatic carbocycles. The topological polar surface area (TPSA) is 33.6 Å². The fourth-order valence-corrected chi connectivity index (χ4v) is 1.56. The maximum absolute atomic E-state index is 12.9. The first kappa shape index (κ1) is 16.8. The van der Waals surface area contributed by atoms with Crippen molar-refractivity contribution in [2.45, 2.75) is 32.9 Å². The third-order valence-corrected chi connectivity index (χ3v) is 2.59. The number of hydrogen-bond acceptors (Lipinski definition) is 2. The summed E-state index contributed by atoms with van der Waals surface area (Å²) in [6.45, 7) is 4.14. The van der Waals surface area contributed by atoms with Gasteiger partial charge in [0.1, 0.15) is 5.84 Å². The highest BCUT2D eigenvalue weighted by Gasteiger charge is 2.33. The van der Waals surface area contributed by atoms with Gasteiger partial charge in [-0.15, -0.1) is 0 Å². The summed E-state index contributed by atoms with van der Waals surface area (Å²) in [7, 11) is 0. The van der Waals surface area contributed by atoms with Crippen LogP contribution in [-0.2, 0) is 11.0 Å². The molecule has 0 saturated heterocycles. The maximum Gasteiger partial charge on any atom is 0.418 e.